The minimum Gasteiger partial charge on any atom is -0.504 e. The van der Waals surface area contributed by atoms with Gasteiger partial charge in [-0.15, -0.1) is 19.2 Å². The Bertz CT molecular complexity index is 1010. The molecule has 7 nitrogen and oxygen atoms in total. The SMILES string of the molecule is C=CCc1ccc(O)c(OC)c1.Cc1ccccc1S.NCCNC(=O)c1ccc(NN)cc1. The summed E-state index contributed by atoms with van der Waals surface area (Å²) in [6.45, 7) is 6.60. The first-order valence-electron chi connectivity index (χ1n) is 10.6. The molecule has 34 heavy (non-hydrogen) atoms. The Morgan fingerprint density at radius 2 is 1.82 bits per heavy atom. The number of thiol groups is 1. The van der Waals surface area contributed by atoms with Gasteiger partial charge in [0.05, 0.1) is 7.11 Å². The van der Waals surface area contributed by atoms with Crippen LogP contribution in [0.1, 0.15) is 21.5 Å². The van der Waals surface area contributed by atoms with Gasteiger partial charge in [0, 0.05) is 29.2 Å². The molecule has 0 unspecified atom stereocenters. The highest BCUT2D eigenvalue weighted by Gasteiger charge is 2.03. The molecule has 0 aliphatic heterocycles. The number of ether oxygens (including phenoxy) is 1. The number of methoxy groups -OCH3 is 1. The zero-order chi connectivity index (χ0) is 25.3. The number of allylic oxidation sites excluding steroid dienone is 1. The van der Waals surface area contributed by atoms with Crippen molar-refractivity contribution >= 4 is 24.2 Å². The van der Waals surface area contributed by atoms with Crippen LogP contribution in [0.4, 0.5) is 5.69 Å². The molecule has 0 aliphatic carbocycles. The zero-order valence-corrected chi connectivity index (χ0v) is 20.5. The van der Waals surface area contributed by atoms with E-state index < -0.39 is 0 Å². The van der Waals surface area contributed by atoms with Crippen molar-refractivity contribution in [3.8, 4) is 11.5 Å². The number of phenols is 1. The number of hydrazine groups is 1. The highest BCUT2D eigenvalue weighted by molar-refractivity contribution is 7.80. The smallest absolute Gasteiger partial charge is 0.251 e. The first-order valence-corrected chi connectivity index (χ1v) is 11.1. The number of aryl methyl sites for hydroxylation is 1. The summed E-state index contributed by atoms with van der Waals surface area (Å²) in [6.07, 6.45) is 2.60. The maximum absolute atomic E-state index is 11.4. The number of nitrogen functional groups attached to an aromatic ring is 1. The average molecular weight is 483 g/mol. The number of hydrogen-bond acceptors (Lipinski definition) is 7. The lowest BCUT2D eigenvalue weighted by Crippen LogP contribution is -2.28. The molecule has 8 heteroatoms. The van der Waals surface area contributed by atoms with Gasteiger partial charge in [0.25, 0.3) is 5.91 Å². The maximum atomic E-state index is 11.4. The predicted octanol–water partition coefficient (Wildman–Crippen LogP) is 4.07. The van der Waals surface area contributed by atoms with Crippen LogP contribution < -0.4 is 27.1 Å². The van der Waals surface area contributed by atoms with Crippen LogP contribution in [-0.4, -0.2) is 31.2 Å². The Labute approximate surface area is 207 Å². The van der Waals surface area contributed by atoms with E-state index in [0.29, 0.717) is 24.4 Å². The maximum Gasteiger partial charge on any atom is 0.251 e. The fourth-order valence-electron chi connectivity index (χ4n) is 2.58. The second kappa shape index (κ2) is 16.2. The van der Waals surface area contributed by atoms with Crippen molar-refractivity contribution in [3.05, 3.63) is 96.1 Å². The number of carbonyl (C=O) groups is 1. The van der Waals surface area contributed by atoms with E-state index in [-0.39, 0.29) is 11.7 Å². The first-order chi connectivity index (χ1) is 16.4. The Balaban J connectivity index is 0.000000264. The number of hydrogen-bond donors (Lipinski definition) is 6. The van der Waals surface area contributed by atoms with E-state index in [1.807, 2.05) is 43.3 Å². The van der Waals surface area contributed by atoms with E-state index in [1.165, 1.54) is 12.7 Å². The minimum atomic E-state index is -0.126. The summed E-state index contributed by atoms with van der Waals surface area (Å²) in [6, 6.07) is 20.1. The van der Waals surface area contributed by atoms with Gasteiger partial charge in [-0.25, -0.2) is 0 Å². The molecule has 0 bridgehead atoms. The molecule has 0 fully saturated rings. The van der Waals surface area contributed by atoms with Gasteiger partial charge in [0.15, 0.2) is 11.5 Å². The van der Waals surface area contributed by atoms with Crippen LogP contribution in [0, 0.1) is 6.92 Å². The fourth-order valence-corrected chi connectivity index (χ4v) is 2.75. The molecule has 1 amide bonds. The lowest BCUT2D eigenvalue weighted by atomic mass is 10.1. The highest BCUT2D eigenvalue weighted by Crippen LogP contribution is 2.26. The lowest BCUT2D eigenvalue weighted by molar-refractivity contribution is 0.0955. The summed E-state index contributed by atoms with van der Waals surface area (Å²) >= 11 is 4.20. The topological polar surface area (TPSA) is 123 Å². The molecule has 3 aromatic carbocycles. The molecule has 0 aromatic heterocycles. The van der Waals surface area contributed by atoms with E-state index in [9.17, 15) is 9.90 Å². The summed E-state index contributed by atoms with van der Waals surface area (Å²) in [5, 5.41) is 11.9. The molecule has 3 rings (SSSR count). The van der Waals surface area contributed by atoms with E-state index in [2.05, 4.69) is 30.0 Å². The normalized spacial score (nSPS) is 9.44. The van der Waals surface area contributed by atoms with Crippen LogP contribution >= 0.6 is 12.6 Å². The van der Waals surface area contributed by atoms with Crippen LogP contribution in [0.25, 0.3) is 0 Å². The number of benzene rings is 3. The Kier molecular flexibility index (Phi) is 13.6. The van der Waals surface area contributed by atoms with Crippen molar-refractivity contribution in [2.24, 2.45) is 11.6 Å². The third kappa shape index (κ3) is 10.4. The van der Waals surface area contributed by atoms with Crippen molar-refractivity contribution in [3.63, 3.8) is 0 Å². The van der Waals surface area contributed by atoms with Gasteiger partial charge in [-0.2, -0.15) is 0 Å². The molecule has 182 valence electrons. The summed E-state index contributed by atoms with van der Waals surface area (Å²) in [7, 11) is 1.53. The molecule has 0 heterocycles. The number of nitrogens with two attached hydrogens (primary N) is 2. The fraction of sp³-hybridized carbons (Fsp3) is 0.192. The number of anilines is 1. The second-order valence-corrected chi connectivity index (χ2v) is 7.53. The van der Waals surface area contributed by atoms with Crippen molar-refractivity contribution in [2.45, 2.75) is 18.2 Å². The van der Waals surface area contributed by atoms with Crippen molar-refractivity contribution in [2.75, 3.05) is 25.6 Å². The van der Waals surface area contributed by atoms with E-state index in [0.717, 1.165) is 22.6 Å². The molecule has 0 aliphatic rings. The van der Waals surface area contributed by atoms with Crippen LogP contribution in [0.15, 0.2) is 84.3 Å². The monoisotopic (exact) mass is 482 g/mol. The quantitative estimate of drug-likeness (QED) is 0.131. The lowest BCUT2D eigenvalue weighted by Gasteiger charge is -2.04. The molecule has 3 aromatic rings. The van der Waals surface area contributed by atoms with Gasteiger partial charge in [-0.05, 0) is 66.9 Å². The molecular formula is C26H34N4O3S. The summed E-state index contributed by atoms with van der Waals surface area (Å²) in [5.74, 6) is 5.74. The molecule has 7 N–H and O–H groups in total. The van der Waals surface area contributed by atoms with Crippen molar-refractivity contribution < 1.29 is 14.6 Å². The zero-order valence-electron chi connectivity index (χ0n) is 19.6. The molecule has 0 radical (unpaired) electrons. The van der Waals surface area contributed by atoms with Gasteiger partial charge < -0.3 is 26.3 Å². The third-order valence-electron chi connectivity index (χ3n) is 4.48. The van der Waals surface area contributed by atoms with Gasteiger partial charge >= 0.3 is 0 Å². The Hall–Kier alpha value is -3.46. The summed E-state index contributed by atoms with van der Waals surface area (Å²) in [4.78, 5) is 12.4. The van der Waals surface area contributed by atoms with Crippen molar-refractivity contribution in [1.82, 2.24) is 5.32 Å². The van der Waals surface area contributed by atoms with E-state index >= 15 is 0 Å². The first kappa shape index (κ1) is 28.6. The van der Waals surface area contributed by atoms with Gasteiger partial charge in [-0.3, -0.25) is 10.6 Å². The molecule has 0 saturated carbocycles. The summed E-state index contributed by atoms with van der Waals surface area (Å²) < 4.78 is 4.95. The molecule has 0 saturated heterocycles. The number of amides is 1. The molecular weight excluding hydrogens is 448 g/mol. The van der Waals surface area contributed by atoms with Gasteiger partial charge in [0.1, 0.15) is 0 Å². The largest absolute Gasteiger partial charge is 0.504 e. The molecule has 0 atom stereocenters. The van der Waals surface area contributed by atoms with E-state index in [1.54, 1.807) is 36.4 Å². The highest BCUT2D eigenvalue weighted by atomic mass is 32.1. The number of nitrogens with one attached hydrogen (secondary N) is 2. The van der Waals surface area contributed by atoms with Crippen LogP contribution in [-0.2, 0) is 6.42 Å². The van der Waals surface area contributed by atoms with Crippen LogP contribution in [0.5, 0.6) is 11.5 Å². The van der Waals surface area contributed by atoms with Gasteiger partial charge in [0.2, 0.25) is 0 Å². The Morgan fingerprint density at radius 1 is 1.15 bits per heavy atom. The Morgan fingerprint density at radius 3 is 2.32 bits per heavy atom. The minimum absolute atomic E-state index is 0.126. The number of aromatic hydroxyl groups is 1. The van der Waals surface area contributed by atoms with Gasteiger partial charge in [-0.1, -0.05) is 30.3 Å². The third-order valence-corrected chi connectivity index (χ3v) is 4.99. The number of carbonyl (C=O) groups excluding carboxylic acids is 1. The van der Waals surface area contributed by atoms with E-state index in [4.69, 9.17) is 16.3 Å². The standard InChI is InChI=1S/C10H12O2.C9H14N4O.C7H8S/c1-3-4-8-5-6-9(11)10(7-8)12-2;10-5-6-12-9(14)7-1-3-8(13-11)4-2-7;1-6-4-2-3-5-7(6)8/h3,5-7,11H,1,4H2,2H3;1-4,13H,5-6,10-11H2,(H,12,14);2-5,8H,1H3. The number of rotatable bonds is 7. The van der Waals surface area contributed by atoms with Crippen molar-refractivity contribution in [1.29, 1.82) is 0 Å². The summed E-state index contributed by atoms with van der Waals surface area (Å²) in [5.41, 5.74) is 11.4. The average Bonchev–Trinajstić information content (AvgIpc) is 2.86. The second-order valence-electron chi connectivity index (χ2n) is 7.05. The predicted molar refractivity (Wildman–Crippen MR) is 143 cm³/mol. The van der Waals surface area contributed by atoms with Crippen LogP contribution in [0.3, 0.4) is 0 Å². The van der Waals surface area contributed by atoms with Crippen LogP contribution in [0.2, 0.25) is 0 Å². The molecule has 0 spiro atoms. The number of phenolic OH excluding ortho intramolecular Hbond substituents is 1.